The van der Waals surface area contributed by atoms with Crippen molar-refractivity contribution in [1.29, 1.82) is 0 Å². The highest BCUT2D eigenvalue weighted by molar-refractivity contribution is 5.69. The van der Waals surface area contributed by atoms with Gasteiger partial charge in [-0.2, -0.15) is 0 Å². The van der Waals surface area contributed by atoms with Gasteiger partial charge in [-0.1, -0.05) is 13.3 Å². The second kappa shape index (κ2) is 5.50. The number of hydrogen-bond donors (Lipinski definition) is 1. The molecule has 0 bridgehead atoms. The Labute approximate surface area is 92.6 Å². The number of ether oxygens (including phenoxy) is 1. The van der Waals surface area contributed by atoms with Gasteiger partial charge in [0.15, 0.2) is 0 Å². The monoisotopic (exact) mass is 213 g/mol. The van der Waals surface area contributed by atoms with Crippen molar-refractivity contribution in [1.82, 2.24) is 5.32 Å². The zero-order valence-electron chi connectivity index (χ0n) is 10.1. The normalized spacial score (nSPS) is 19.7. The molecule has 0 heterocycles. The first-order valence-corrected chi connectivity index (χ1v) is 5.92. The lowest BCUT2D eigenvalue weighted by Gasteiger charge is -2.18. The molecule has 0 aromatic carbocycles. The van der Waals surface area contributed by atoms with E-state index in [1.165, 1.54) is 32.8 Å². The lowest BCUT2D eigenvalue weighted by molar-refractivity contribution is -0.141. The summed E-state index contributed by atoms with van der Waals surface area (Å²) >= 11 is 0. The Hall–Kier alpha value is -0.570. The smallest absolute Gasteiger partial charge is 0.307 e. The number of methoxy groups -OCH3 is 1. The molecule has 0 amide bonds. The van der Waals surface area contributed by atoms with Gasteiger partial charge in [-0.05, 0) is 31.6 Å². The lowest BCUT2D eigenvalue weighted by atomic mass is 10.0. The van der Waals surface area contributed by atoms with Gasteiger partial charge < -0.3 is 10.1 Å². The molecule has 1 rings (SSSR count). The Balaban J connectivity index is 2.16. The van der Waals surface area contributed by atoms with Gasteiger partial charge in [-0.15, -0.1) is 0 Å². The molecular formula is C12H23NO2. The molecule has 1 fully saturated rings. The number of carbonyl (C=O) groups is 1. The summed E-state index contributed by atoms with van der Waals surface area (Å²) in [5.74, 6) is -0.129. The second-order valence-corrected chi connectivity index (χ2v) is 4.81. The van der Waals surface area contributed by atoms with Crippen LogP contribution in [-0.2, 0) is 9.53 Å². The Morgan fingerprint density at radius 2 is 2.20 bits per heavy atom. The minimum Gasteiger partial charge on any atom is -0.469 e. The van der Waals surface area contributed by atoms with Gasteiger partial charge in [0, 0.05) is 12.6 Å². The Kier molecular flexibility index (Phi) is 4.58. The highest BCUT2D eigenvalue weighted by Gasteiger charge is 2.41. The number of hydrogen-bond acceptors (Lipinski definition) is 3. The largest absolute Gasteiger partial charge is 0.469 e. The summed E-state index contributed by atoms with van der Waals surface area (Å²) in [7, 11) is 1.44. The van der Waals surface area contributed by atoms with Crippen molar-refractivity contribution in [3.63, 3.8) is 0 Å². The van der Waals surface area contributed by atoms with Crippen LogP contribution in [0.3, 0.4) is 0 Å². The topological polar surface area (TPSA) is 38.3 Å². The summed E-state index contributed by atoms with van der Waals surface area (Å²) < 4.78 is 4.64. The summed E-state index contributed by atoms with van der Waals surface area (Å²) in [6.45, 7) is 5.33. The van der Waals surface area contributed by atoms with Crippen LogP contribution < -0.4 is 5.32 Å². The molecule has 1 N–H and O–H groups in total. The highest BCUT2D eigenvalue weighted by atomic mass is 16.5. The van der Waals surface area contributed by atoms with Gasteiger partial charge in [0.25, 0.3) is 0 Å². The Morgan fingerprint density at radius 1 is 1.53 bits per heavy atom. The molecule has 88 valence electrons. The highest BCUT2D eigenvalue weighted by Crippen LogP contribution is 2.48. The molecule has 3 nitrogen and oxygen atoms in total. The fourth-order valence-electron chi connectivity index (χ4n) is 2.02. The third-order valence-electron chi connectivity index (χ3n) is 3.26. The van der Waals surface area contributed by atoms with E-state index in [0.29, 0.717) is 11.8 Å². The summed E-state index contributed by atoms with van der Waals surface area (Å²) in [6, 6.07) is 0.229. The number of nitrogens with one attached hydrogen (secondary N) is 1. The first kappa shape index (κ1) is 12.5. The van der Waals surface area contributed by atoms with Crippen LogP contribution in [0.1, 0.15) is 46.0 Å². The predicted octanol–water partition coefficient (Wildman–Crippen LogP) is 2.11. The van der Waals surface area contributed by atoms with Crippen LogP contribution in [0.25, 0.3) is 0 Å². The maximum absolute atomic E-state index is 11.0. The van der Waals surface area contributed by atoms with Gasteiger partial charge in [0.1, 0.15) is 0 Å². The van der Waals surface area contributed by atoms with Crippen molar-refractivity contribution in [3.05, 3.63) is 0 Å². The van der Waals surface area contributed by atoms with Crippen molar-refractivity contribution >= 4 is 5.97 Å². The molecule has 1 atom stereocenters. The number of esters is 1. The molecule has 1 saturated carbocycles. The molecule has 0 saturated heterocycles. The van der Waals surface area contributed by atoms with Gasteiger partial charge in [-0.25, -0.2) is 0 Å². The van der Waals surface area contributed by atoms with Crippen LogP contribution >= 0.6 is 0 Å². The molecule has 1 aliphatic carbocycles. The Morgan fingerprint density at radius 3 is 2.67 bits per heavy atom. The first-order chi connectivity index (χ1) is 7.12. The average Bonchev–Trinajstić information content (AvgIpc) is 2.96. The summed E-state index contributed by atoms with van der Waals surface area (Å²) in [4.78, 5) is 11.0. The molecule has 0 aromatic rings. The van der Waals surface area contributed by atoms with E-state index in [1.807, 2.05) is 6.92 Å². The third-order valence-corrected chi connectivity index (χ3v) is 3.26. The van der Waals surface area contributed by atoms with Crippen molar-refractivity contribution in [2.75, 3.05) is 13.7 Å². The second-order valence-electron chi connectivity index (χ2n) is 4.81. The van der Waals surface area contributed by atoms with Crippen molar-refractivity contribution in [2.24, 2.45) is 5.41 Å². The third kappa shape index (κ3) is 4.20. The van der Waals surface area contributed by atoms with Gasteiger partial charge in [-0.3, -0.25) is 4.79 Å². The maximum Gasteiger partial charge on any atom is 0.307 e. The van der Waals surface area contributed by atoms with Crippen LogP contribution in [0.5, 0.6) is 0 Å². The van der Waals surface area contributed by atoms with Gasteiger partial charge in [0.05, 0.1) is 13.5 Å². The molecule has 15 heavy (non-hydrogen) atoms. The fourth-order valence-corrected chi connectivity index (χ4v) is 2.02. The van der Waals surface area contributed by atoms with E-state index < -0.39 is 0 Å². The van der Waals surface area contributed by atoms with E-state index in [-0.39, 0.29) is 12.0 Å². The standard InChI is InChI=1S/C12H23NO2/c1-4-5-12(6-7-12)9-13-10(2)8-11(14)15-3/h10,13H,4-9H2,1-3H3. The van der Waals surface area contributed by atoms with E-state index in [2.05, 4.69) is 17.0 Å². The van der Waals surface area contributed by atoms with E-state index >= 15 is 0 Å². The molecule has 1 aliphatic rings. The van der Waals surface area contributed by atoms with E-state index in [9.17, 15) is 4.79 Å². The predicted molar refractivity (Wildman–Crippen MR) is 60.7 cm³/mol. The van der Waals surface area contributed by atoms with E-state index in [0.717, 1.165) is 6.54 Å². The van der Waals surface area contributed by atoms with Crippen LogP contribution in [-0.4, -0.2) is 25.7 Å². The molecule has 1 unspecified atom stereocenters. The number of carbonyl (C=O) groups excluding carboxylic acids is 1. The molecule has 0 radical (unpaired) electrons. The lowest BCUT2D eigenvalue weighted by Crippen LogP contribution is -2.33. The zero-order valence-corrected chi connectivity index (χ0v) is 10.1. The van der Waals surface area contributed by atoms with Crippen LogP contribution in [0.4, 0.5) is 0 Å². The average molecular weight is 213 g/mol. The van der Waals surface area contributed by atoms with Crippen LogP contribution in [0.2, 0.25) is 0 Å². The molecular weight excluding hydrogens is 190 g/mol. The van der Waals surface area contributed by atoms with Crippen molar-refractivity contribution < 1.29 is 9.53 Å². The maximum atomic E-state index is 11.0. The molecule has 0 aliphatic heterocycles. The van der Waals surface area contributed by atoms with Gasteiger partial charge >= 0.3 is 5.97 Å². The summed E-state index contributed by atoms with van der Waals surface area (Å²) in [5, 5.41) is 3.43. The van der Waals surface area contributed by atoms with E-state index in [1.54, 1.807) is 0 Å². The fraction of sp³-hybridized carbons (Fsp3) is 0.917. The molecule has 3 heteroatoms. The van der Waals surface area contributed by atoms with Crippen molar-refractivity contribution in [2.45, 2.75) is 52.0 Å². The zero-order chi connectivity index (χ0) is 11.3. The first-order valence-electron chi connectivity index (χ1n) is 5.92. The summed E-state index contributed by atoms with van der Waals surface area (Å²) in [5.41, 5.74) is 0.555. The molecule has 0 aromatic heterocycles. The van der Waals surface area contributed by atoms with E-state index in [4.69, 9.17) is 0 Å². The Bertz CT molecular complexity index is 212. The SMILES string of the molecule is CCCC1(CNC(C)CC(=O)OC)CC1. The minimum atomic E-state index is -0.129. The van der Waals surface area contributed by atoms with Crippen molar-refractivity contribution in [3.8, 4) is 0 Å². The van der Waals surface area contributed by atoms with Gasteiger partial charge in [0.2, 0.25) is 0 Å². The quantitative estimate of drug-likeness (QED) is 0.658. The summed E-state index contributed by atoms with van der Waals surface area (Å²) in [6.07, 6.45) is 5.73. The minimum absolute atomic E-state index is 0.129. The van der Waals surface area contributed by atoms with Crippen LogP contribution in [0, 0.1) is 5.41 Å². The van der Waals surface area contributed by atoms with Crippen LogP contribution in [0.15, 0.2) is 0 Å². The number of rotatable bonds is 7. The molecule has 0 spiro atoms.